The van der Waals surface area contributed by atoms with Crippen molar-refractivity contribution < 1.29 is 4.48 Å². The lowest BCUT2D eigenvalue weighted by atomic mass is 10.4. The third-order valence-electron chi connectivity index (χ3n) is 1.70. The van der Waals surface area contributed by atoms with E-state index in [2.05, 4.69) is 28.1 Å². The van der Waals surface area contributed by atoms with Crippen molar-refractivity contribution >= 4 is 39.2 Å². The molecule has 0 bridgehead atoms. The van der Waals surface area contributed by atoms with Crippen molar-refractivity contribution in [1.29, 1.82) is 0 Å². The first-order valence-electron chi connectivity index (χ1n) is 3.57. The minimum atomic E-state index is -2.53. The molecule has 0 aromatic carbocycles. The zero-order valence-corrected chi connectivity index (χ0v) is 10.6. The van der Waals surface area contributed by atoms with Crippen LogP contribution >= 0.6 is 33.2 Å². The Balaban J connectivity index is 4.43. The van der Waals surface area contributed by atoms with Crippen LogP contribution in [-0.2, 0) is 0 Å². The Bertz CT molecular complexity index is 113. The summed E-state index contributed by atoms with van der Waals surface area (Å²) in [5.41, 5.74) is 0.187. The third-order valence-corrected chi connectivity index (χ3v) is 5.91. The van der Waals surface area contributed by atoms with E-state index >= 15 is 0 Å². The summed E-state index contributed by atoms with van der Waals surface area (Å²) >= 11 is 17.8. The van der Waals surface area contributed by atoms with Gasteiger partial charge >= 0.3 is 6.00 Å². The summed E-state index contributed by atoms with van der Waals surface area (Å²) in [7, 11) is 6.18. The number of nitrogens with zero attached hydrogens (tertiary/aromatic N) is 1. The summed E-state index contributed by atoms with van der Waals surface area (Å²) in [6, 6.07) is -2.53. The molecule has 5 heteroatoms. The first-order valence-corrected chi connectivity index (χ1v) is 8.68. The minimum absolute atomic E-state index is 0.187. The van der Waals surface area contributed by atoms with Crippen molar-refractivity contribution in [1.82, 2.24) is 0 Å². The van der Waals surface area contributed by atoms with E-state index in [1.165, 1.54) is 0 Å². The maximum absolute atomic E-state index is 5.94. The molecule has 0 spiro atoms. The Morgan fingerprint density at radius 2 is 1.55 bits per heavy atom. The van der Waals surface area contributed by atoms with E-state index in [1.54, 1.807) is 0 Å². The smallest absolute Gasteiger partial charge is 0.328 e. The van der Waals surface area contributed by atoms with E-state index in [0.717, 1.165) is 10.9 Å². The summed E-state index contributed by atoms with van der Waals surface area (Å²) in [5, 5.41) is 0. The van der Waals surface area contributed by atoms with Gasteiger partial charge in [0.2, 0.25) is 0 Å². The van der Waals surface area contributed by atoms with Crippen molar-refractivity contribution in [3.63, 3.8) is 0 Å². The highest BCUT2D eigenvalue weighted by molar-refractivity contribution is 7.65. The molecular weight excluding hydrogens is 221 g/mol. The lowest BCUT2D eigenvalue weighted by Crippen LogP contribution is -2.54. The molecule has 0 aromatic heterocycles. The summed E-state index contributed by atoms with van der Waals surface area (Å²) < 4.78 is 0.735. The summed E-state index contributed by atoms with van der Waals surface area (Å²) in [5.74, 6) is 0. The average molecular weight is 236 g/mol. The topological polar surface area (TPSA) is 0 Å². The molecule has 0 rings (SSSR count). The Morgan fingerprint density at radius 3 is 1.55 bits per heavy atom. The fourth-order valence-electron chi connectivity index (χ4n) is 1.22. The predicted molar refractivity (Wildman–Crippen MR) is 55.4 cm³/mol. The van der Waals surface area contributed by atoms with Crippen molar-refractivity contribution in [2.45, 2.75) is 19.0 Å². The molecule has 0 aliphatic carbocycles. The number of rotatable bonds is 3. The molecular formula is C6H15Cl3NSi+. The number of hydrogen-bond acceptors (Lipinski definition) is 0. The maximum atomic E-state index is 5.94. The van der Waals surface area contributed by atoms with E-state index in [-0.39, 0.29) is 5.67 Å². The Morgan fingerprint density at radius 1 is 1.18 bits per heavy atom. The molecule has 11 heavy (non-hydrogen) atoms. The molecule has 68 valence electrons. The van der Waals surface area contributed by atoms with Gasteiger partial charge in [-0.25, -0.2) is 0 Å². The molecule has 1 atom stereocenters. The highest BCUT2D eigenvalue weighted by atomic mass is 35.8. The molecule has 0 aliphatic rings. The first kappa shape index (κ1) is 12.0. The normalized spacial score (nSPS) is 16.6. The highest BCUT2D eigenvalue weighted by Crippen LogP contribution is 2.31. The molecule has 0 amide bonds. The monoisotopic (exact) mass is 234 g/mol. The SMILES string of the molecule is CCC([N+](C)(C)C)[Si](Cl)(Cl)Cl. The number of hydrogen-bond donors (Lipinski definition) is 0. The van der Waals surface area contributed by atoms with Gasteiger partial charge in [-0.2, -0.15) is 0 Å². The standard InChI is InChI=1S/C6H15Cl3NSi/c1-5-6(10(2,3)4)11(7,8)9/h6H,5H2,1-4H3/q+1. The van der Waals surface area contributed by atoms with E-state index in [9.17, 15) is 0 Å². The zero-order chi connectivity index (χ0) is 9.28. The molecule has 0 saturated carbocycles. The fraction of sp³-hybridized carbons (Fsp3) is 1.00. The lowest BCUT2D eigenvalue weighted by molar-refractivity contribution is -0.883. The molecule has 0 N–H and O–H groups in total. The number of quaternary nitrogens is 1. The molecule has 0 aromatic rings. The third kappa shape index (κ3) is 3.99. The van der Waals surface area contributed by atoms with Crippen LogP contribution in [0, 0.1) is 0 Å². The van der Waals surface area contributed by atoms with Gasteiger partial charge in [0.15, 0.2) is 0 Å². The first-order chi connectivity index (χ1) is 4.69. The van der Waals surface area contributed by atoms with E-state index in [4.69, 9.17) is 33.2 Å². The van der Waals surface area contributed by atoms with Crippen LogP contribution in [-0.4, -0.2) is 37.3 Å². The van der Waals surface area contributed by atoms with Gasteiger partial charge in [-0.1, -0.05) is 6.92 Å². The average Bonchev–Trinajstić information content (AvgIpc) is 1.56. The van der Waals surface area contributed by atoms with Gasteiger partial charge < -0.3 is 4.48 Å². The van der Waals surface area contributed by atoms with Crippen LogP contribution < -0.4 is 0 Å². The van der Waals surface area contributed by atoms with Crippen LogP contribution in [0.3, 0.4) is 0 Å². The van der Waals surface area contributed by atoms with Crippen molar-refractivity contribution in [3.05, 3.63) is 0 Å². The van der Waals surface area contributed by atoms with Gasteiger partial charge in [0.05, 0.1) is 21.1 Å². The second-order valence-corrected chi connectivity index (χ2v) is 12.4. The Labute approximate surface area is 83.9 Å². The molecule has 1 unspecified atom stereocenters. The molecule has 0 saturated heterocycles. The van der Waals surface area contributed by atoms with E-state index in [0.29, 0.717) is 0 Å². The second kappa shape index (κ2) is 3.84. The van der Waals surface area contributed by atoms with Gasteiger partial charge in [0, 0.05) is 0 Å². The molecule has 1 nitrogen and oxygen atoms in total. The molecule has 0 heterocycles. The predicted octanol–water partition coefficient (Wildman–Crippen LogP) is 2.67. The van der Waals surface area contributed by atoms with E-state index < -0.39 is 6.00 Å². The number of halogens is 3. The van der Waals surface area contributed by atoms with Crippen LogP contribution in [0.2, 0.25) is 0 Å². The fourth-order valence-corrected chi connectivity index (χ4v) is 6.58. The molecule has 0 radical (unpaired) electrons. The van der Waals surface area contributed by atoms with Gasteiger partial charge in [-0.05, 0) is 6.42 Å². The Kier molecular flexibility index (Phi) is 4.20. The second-order valence-electron chi connectivity index (χ2n) is 3.58. The van der Waals surface area contributed by atoms with Gasteiger partial charge in [-0.15, -0.1) is 33.2 Å². The minimum Gasteiger partial charge on any atom is -0.328 e. The van der Waals surface area contributed by atoms with Crippen molar-refractivity contribution in [2.75, 3.05) is 21.1 Å². The molecule has 0 aliphatic heterocycles. The summed E-state index contributed by atoms with van der Waals surface area (Å²) in [4.78, 5) is 0. The zero-order valence-electron chi connectivity index (χ0n) is 7.37. The van der Waals surface area contributed by atoms with Crippen LogP contribution in [0.1, 0.15) is 13.3 Å². The van der Waals surface area contributed by atoms with Gasteiger partial charge in [0.25, 0.3) is 0 Å². The van der Waals surface area contributed by atoms with Crippen LogP contribution in [0.25, 0.3) is 0 Å². The van der Waals surface area contributed by atoms with Crippen LogP contribution in [0.15, 0.2) is 0 Å². The molecule has 0 fully saturated rings. The van der Waals surface area contributed by atoms with Crippen molar-refractivity contribution in [2.24, 2.45) is 0 Å². The summed E-state index contributed by atoms with van der Waals surface area (Å²) in [6.07, 6.45) is 0.923. The van der Waals surface area contributed by atoms with Crippen LogP contribution in [0.5, 0.6) is 0 Å². The lowest BCUT2D eigenvalue weighted by Gasteiger charge is -2.36. The van der Waals surface area contributed by atoms with Crippen LogP contribution in [0.4, 0.5) is 0 Å². The highest BCUT2D eigenvalue weighted by Gasteiger charge is 2.44. The van der Waals surface area contributed by atoms with Gasteiger partial charge in [-0.3, -0.25) is 0 Å². The summed E-state index contributed by atoms with van der Waals surface area (Å²) in [6.45, 7) is 2.06. The van der Waals surface area contributed by atoms with Gasteiger partial charge in [0.1, 0.15) is 5.67 Å². The Hall–Kier alpha value is 1.05. The largest absolute Gasteiger partial charge is 0.402 e. The quantitative estimate of drug-likeness (QED) is 0.401. The van der Waals surface area contributed by atoms with Crippen molar-refractivity contribution in [3.8, 4) is 0 Å². The maximum Gasteiger partial charge on any atom is 0.402 e. The van der Waals surface area contributed by atoms with E-state index in [1.807, 2.05) is 0 Å².